The number of nitrogens with one attached hydrogen (secondary N) is 1. The highest BCUT2D eigenvalue weighted by atomic mass is 19.3. The molecule has 1 aliphatic heterocycles. The summed E-state index contributed by atoms with van der Waals surface area (Å²) in [5.74, 6) is -0.244. The third kappa shape index (κ3) is 2.85. The molecule has 1 amide bonds. The van der Waals surface area contributed by atoms with Gasteiger partial charge in [-0.2, -0.15) is 0 Å². The van der Waals surface area contributed by atoms with Crippen molar-refractivity contribution in [3.63, 3.8) is 0 Å². The number of hydrogen-bond donors (Lipinski definition) is 1. The van der Waals surface area contributed by atoms with E-state index in [-0.39, 0.29) is 12.1 Å². The fraction of sp³-hybridized carbons (Fsp3) is 0.462. The van der Waals surface area contributed by atoms with Gasteiger partial charge in [0.05, 0.1) is 18.8 Å². The summed E-state index contributed by atoms with van der Waals surface area (Å²) in [5, 5.41) is 3.05. The Morgan fingerprint density at radius 1 is 1.33 bits per heavy atom. The number of rotatable bonds is 4. The van der Waals surface area contributed by atoms with Gasteiger partial charge in [0, 0.05) is 0 Å². The van der Waals surface area contributed by atoms with Crippen LogP contribution in [0.5, 0.6) is 0 Å². The molecule has 0 aliphatic carbocycles. The first-order chi connectivity index (χ1) is 8.58. The minimum Gasteiger partial charge on any atom is -0.320 e. The fourth-order valence-corrected chi connectivity index (χ4v) is 2.24. The largest absolute Gasteiger partial charge is 0.320 e. The van der Waals surface area contributed by atoms with Crippen LogP contribution >= 0.6 is 0 Å². The predicted molar refractivity (Wildman–Crippen MR) is 64.2 cm³/mol. The van der Waals surface area contributed by atoms with Gasteiger partial charge in [-0.25, -0.2) is 8.78 Å². The van der Waals surface area contributed by atoms with Crippen molar-refractivity contribution < 1.29 is 13.6 Å². The molecule has 1 fully saturated rings. The number of nitrogens with zero attached hydrogens (tertiary/aromatic N) is 1. The average molecular weight is 254 g/mol. The van der Waals surface area contributed by atoms with Crippen molar-refractivity contribution in [2.45, 2.75) is 32.0 Å². The first-order valence-electron chi connectivity index (χ1n) is 5.96. The second-order valence-electron chi connectivity index (χ2n) is 4.47. The first-order valence-corrected chi connectivity index (χ1v) is 5.96. The van der Waals surface area contributed by atoms with Crippen molar-refractivity contribution in [1.29, 1.82) is 0 Å². The Morgan fingerprint density at radius 2 is 2.00 bits per heavy atom. The second kappa shape index (κ2) is 5.44. The van der Waals surface area contributed by atoms with Crippen LogP contribution in [-0.4, -0.2) is 36.0 Å². The molecular formula is C13H16F2N2O. The summed E-state index contributed by atoms with van der Waals surface area (Å²) in [6.07, 6.45) is -2.29. The summed E-state index contributed by atoms with van der Waals surface area (Å²) in [4.78, 5) is 13.2. The minimum atomic E-state index is -2.49. The molecule has 1 heterocycles. The molecule has 1 saturated heterocycles. The summed E-state index contributed by atoms with van der Waals surface area (Å²) >= 11 is 0. The van der Waals surface area contributed by atoms with Crippen LogP contribution in [0.2, 0.25) is 0 Å². The Labute approximate surface area is 105 Å². The summed E-state index contributed by atoms with van der Waals surface area (Å²) in [6, 6.07) is 9.15. The lowest BCUT2D eigenvalue weighted by Gasteiger charge is -2.19. The molecule has 1 aromatic carbocycles. The van der Waals surface area contributed by atoms with Crippen LogP contribution in [0.25, 0.3) is 0 Å². The Bertz CT molecular complexity index is 411. The molecule has 2 unspecified atom stereocenters. The van der Waals surface area contributed by atoms with Gasteiger partial charge < -0.3 is 4.90 Å². The molecule has 1 N–H and O–H groups in total. The van der Waals surface area contributed by atoms with Crippen molar-refractivity contribution in [3.8, 4) is 0 Å². The molecule has 2 rings (SSSR count). The zero-order valence-corrected chi connectivity index (χ0v) is 10.1. The molecule has 0 saturated carbocycles. The van der Waals surface area contributed by atoms with Gasteiger partial charge in [-0.15, -0.1) is 0 Å². The highest BCUT2D eigenvalue weighted by molar-refractivity contribution is 5.84. The van der Waals surface area contributed by atoms with E-state index in [0.717, 1.165) is 5.56 Å². The lowest BCUT2D eigenvalue weighted by atomic mass is 10.1. The number of halogens is 2. The Hall–Kier alpha value is -1.49. The van der Waals surface area contributed by atoms with Crippen molar-refractivity contribution in [2.24, 2.45) is 0 Å². The van der Waals surface area contributed by atoms with E-state index < -0.39 is 19.0 Å². The number of benzene rings is 1. The maximum absolute atomic E-state index is 12.4. The van der Waals surface area contributed by atoms with Gasteiger partial charge in [0.2, 0.25) is 5.91 Å². The predicted octanol–water partition coefficient (Wildman–Crippen LogP) is 1.64. The molecule has 0 spiro atoms. The van der Waals surface area contributed by atoms with Crippen molar-refractivity contribution >= 4 is 5.91 Å². The van der Waals surface area contributed by atoms with Crippen molar-refractivity contribution in [3.05, 3.63) is 35.9 Å². The van der Waals surface area contributed by atoms with E-state index in [4.69, 9.17) is 0 Å². The maximum atomic E-state index is 12.4. The molecule has 18 heavy (non-hydrogen) atoms. The summed E-state index contributed by atoms with van der Waals surface area (Å²) in [6.45, 7) is 1.23. The van der Waals surface area contributed by atoms with E-state index in [1.807, 2.05) is 30.3 Å². The second-order valence-corrected chi connectivity index (χ2v) is 4.47. The van der Waals surface area contributed by atoms with E-state index in [2.05, 4.69) is 5.32 Å². The lowest BCUT2D eigenvalue weighted by Crippen LogP contribution is -2.38. The molecule has 2 atom stereocenters. The van der Waals surface area contributed by atoms with E-state index in [0.29, 0.717) is 6.42 Å². The molecule has 98 valence electrons. The van der Waals surface area contributed by atoms with Gasteiger partial charge in [0.25, 0.3) is 6.43 Å². The Kier molecular flexibility index (Phi) is 3.91. The quantitative estimate of drug-likeness (QED) is 0.886. The van der Waals surface area contributed by atoms with E-state index in [1.165, 1.54) is 4.90 Å². The highest BCUT2D eigenvalue weighted by Crippen LogP contribution is 2.16. The van der Waals surface area contributed by atoms with Crippen LogP contribution in [0, 0.1) is 0 Å². The van der Waals surface area contributed by atoms with E-state index in [1.54, 1.807) is 6.92 Å². The van der Waals surface area contributed by atoms with Crippen LogP contribution in [0.15, 0.2) is 30.3 Å². The number of alkyl halides is 2. The molecule has 3 nitrogen and oxygen atoms in total. The SMILES string of the molecule is CC1NC(Cc2ccccc2)C(=O)N1CC(F)F. The first kappa shape index (κ1) is 13.0. The fourth-order valence-electron chi connectivity index (χ4n) is 2.24. The standard InChI is InChI=1S/C13H16F2N2O/c1-9-16-11(7-10-5-3-2-4-6-10)13(18)17(9)8-12(14)15/h2-6,9,11-12,16H,7-8H2,1H3. The third-order valence-electron chi connectivity index (χ3n) is 3.11. The average Bonchev–Trinajstić information content (AvgIpc) is 2.58. The molecule has 1 aromatic rings. The zero-order valence-electron chi connectivity index (χ0n) is 10.1. The minimum absolute atomic E-state index is 0.244. The zero-order chi connectivity index (χ0) is 13.1. The third-order valence-corrected chi connectivity index (χ3v) is 3.11. The van der Waals surface area contributed by atoms with E-state index >= 15 is 0 Å². The summed E-state index contributed by atoms with van der Waals surface area (Å²) < 4.78 is 24.7. The highest BCUT2D eigenvalue weighted by Gasteiger charge is 2.37. The molecule has 1 aliphatic rings. The Morgan fingerprint density at radius 3 is 2.61 bits per heavy atom. The number of amides is 1. The lowest BCUT2D eigenvalue weighted by molar-refractivity contribution is -0.131. The van der Waals surface area contributed by atoms with Gasteiger partial charge in [-0.1, -0.05) is 30.3 Å². The summed E-state index contributed by atoms with van der Waals surface area (Å²) in [7, 11) is 0. The van der Waals surface area contributed by atoms with E-state index in [9.17, 15) is 13.6 Å². The van der Waals surface area contributed by atoms with Crippen LogP contribution in [0.4, 0.5) is 8.78 Å². The Balaban J connectivity index is 2.02. The molecular weight excluding hydrogens is 238 g/mol. The smallest absolute Gasteiger partial charge is 0.255 e. The van der Waals surface area contributed by atoms with Crippen molar-refractivity contribution in [1.82, 2.24) is 10.2 Å². The van der Waals surface area contributed by atoms with Gasteiger partial charge >= 0.3 is 0 Å². The number of carbonyl (C=O) groups is 1. The van der Waals surface area contributed by atoms with Crippen LogP contribution in [0.3, 0.4) is 0 Å². The molecule has 0 aromatic heterocycles. The number of carbonyl (C=O) groups excluding carboxylic acids is 1. The maximum Gasteiger partial charge on any atom is 0.255 e. The molecule has 0 bridgehead atoms. The van der Waals surface area contributed by atoms with Crippen LogP contribution in [-0.2, 0) is 11.2 Å². The summed E-state index contributed by atoms with van der Waals surface area (Å²) in [5.41, 5.74) is 1.02. The molecule has 0 radical (unpaired) electrons. The number of hydrogen-bond acceptors (Lipinski definition) is 2. The van der Waals surface area contributed by atoms with Crippen LogP contribution in [0.1, 0.15) is 12.5 Å². The van der Waals surface area contributed by atoms with Gasteiger partial charge in [0.1, 0.15) is 0 Å². The molecule has 5 heteroatoms. The monoisotopic (exact) mass is 254 g/mol. The van der Waals surface area contributed by atoms with Gasteiger partial charge in [-0.05, 0) is 18.9 Å². The van der Waals surface area contributed by atoms with Crippen LogP contribution < -0.4 is 5.32 Å². The normalized spacial score (nSPS) is 24.0. The van der Waals surface area contributed by atoms with Gasteiger partial charge in [0.15, 0.2) is 0 Å². The topological polar surface area (TPSA) is 32.3 Å². The van der Waals surface area contributed by atoms with Crippen molar-refractivity contribution in [2.75, 3.05) is 6.54 Å². The van der Waals surface area contributed by atoms with Gasteiger partial charge in [-0.3, -0.25) is 10.1 Å².